The number of para-hydroxylation sites is 1. The third-order valence-corrected chi connectivity index (χ3v) is 2.99. The second-order valence-electron chi connectivity index (χ2n) is 4.05. The number of alkyl halides is 3. The molecule has 2 aromatic rings. The van der Waals surface area contributed by atoms with Crippen LogP contribution >= 0.6 is 0 Å². The van der Waals surface area contributed by atoms with E-state index in [9.17, 15) is 21.9 Å². The normalized spacial score (nSPS) is 13.0. The number of hydrazine groups is 1. The summed E-state index contributed by atoms with van der Waals surface area (Å²) < 4.78 is 60.1. The fourth-order valence-electron chi connectivity index (χ4n) is 1.89. The number of anilines is 1. The van der Waals surface area contributed by atoms with Crippen LogP contribution in [-0.2, 0) is 17.4 Å². The zero-order valence-electron chi connectivity index (χ0n) is 10.5. The van der Waals surface area contributed by atoms with Gasteiger partial charge < -0.3 is 9.98 Å². The van der Waals surface area contributed by atoms with Gasteiger partial charge in [-0.3, -0.25) is 4.21 Å². The molecule has 1 atom stereocenters. The fraction of sp³-hybridized carbons (Fsp3) is 0.0769. The van der Waals surface area contributed by atoms with Crippen molar-refractivity contribution in [3.63, 3.8) is 0 Å². The minimum atomic E-state index is -4.50. The maximum atomic E-state index is 13.0. The van der Waals surface area contributed by atoms with Crippen LogP contribution in [0.1, 0.15) is 5.56 Å². The van der Waals surface area contributed by atoms with Gasteiger partial charge in [0.15, 0.2) is 0 Å². The largest absolute Gasteiger partial charge is 0.759 e. The predicted octanol–water partition coefficient (Wildman–Crippen LogP) is 3.08. The Morgan fingerprint density at radius 2 is 1.52 bits per heavy atom. The SMILES string of the molecule is O=S([O-])NNc1ccccc1-c1ccccc1C(F)(F)F. The van der Waals surface area contributed by atoms with E-state index in [1.807, 2.05) is 4.83 Å². The van der Waals surface area contributed by atoms with Crippen LogP contribution in [-0.4, -0.2) is 8.76 Å². The molecule has 2 N–H and O–H groups in total. The van der Waals surface area contributed by atoms with E-state index in [0.717, 1.165) is 6.07 Å². The number of nitrogens with one attached hydrogen (secondary N) is 2. The Kier molecular flexibility index (Phi) is 4.61. The van der Waals surface area contributed by atoms with E-state index in [2.05, 4.69) is 5.43 Å². The number of hydrogen-bond donors (Lipinski definition) is 2. The van der Waals surface area contributed by atoms with Gasteiger partial charge in [-0.05, 0) is 17.7 Å². The van der Waals surface area contributed by atoms with Gasteiger partial charge in [-0.25, -0.2) is 0 Å². The van der Waals surface area contributed by atoms with E-state index in [1.54, 1.807) is 12.1 Å². The van der Waals surface area contributed by atoms with E-state index < -0.39 is 23.0 Å². The highest BCUT2D eigenvalue weighted by Gasteiger charge is 2.33. The molecule has 8 heteroatoms. The predicted molar refractivity (Wildman–Crippen MR) is 72.6 cm³/mol. The van der Waals surface area contributed by atoms with Crippen LogP contribution in [0.5, 0.6) is 0 Å². The molecular weight excluding hydrogens is 305 g/mol. The molecule has 0 amide bonds. The highest BCUT2D eigenvalue weighted by Crippen LogP contribution is 2.39. The molecule has 0 aliphatic carbocycles. The van der Waals surface area contributed by atoms with Gasteiger partial charge >= 0.3 is 6.18 Å². The van der Waals surface area contributed by atoms with Crippen molar-refractivity contribution in [2.45, 2.75) is 6.18 Å². The van der Waals surface area contributed by atoms with Gasteiger partial charge in [-0.15, -0.1) is 0 Å². The van der Waals surface area contributed by atoms with Crippen LogP contribution in [0.2, 0.25) is 0 Å². The fourth-order valence-corrected chi connectivity index (χ4v) is 2.08. The minimum Gasteiger partial charge on any atom is -0.759 e. The topological polar surface area (TPSA) is 64.2 Å². The first-order valence-electron chi connectivity index (χ1n) is 5.76. The van der Waals surface area contributed by atoms with Gasteiger partial charge in [0.05, 0.1) is 11.3 Å². The van der Waals surface area contributed by atoms with Gasteiger partial charge in [-0.2, -0.15) is 18.0 Å². The highest BCUT2D eigenvalue weighted by atomic mass is 32.2. The van der Waals surface area contributed by atoms with E-state index >= 15 is 0 Å². The van der Waals surface area contributed by atoms with Gasteiger partial charge in [0.25, 0.3) is 0 Å². The van der Waals surface area contributed by atoms with Crippen LogP contribution in [0.25, 0.3) is 11.1 Å². The molecule has 4 nitrogen and oxygen atoms in total. The maximum absolute atomic E-state index is 13.0. The number of halogens is 3. The van der Waals surface area contributed by atoms with Gasteiger partial charge in [0.2, 0.25) is 0 Å². The Morgan fingerprint density at radius 1 is 0.952 bits per heavy atom. The summed E-state index contributed by atoms with van der Waals surface area (Å²) in [5.74, 6) is 0. The summed E-state index contributed by atoms with van der Waals surface area (Å²) in [6.07, 6.45) is -4.50. The summed E-state index contributed by atoms with van der Waals surface area (Å²) in [5, 5.41) is 0. The molecule has 2 rings (SSSR count). The Balaban J connectivity index is 2.50. The van der Waals surface area contributed by atoms with Crippen molar-refractivity contribution in [2.24, 2.45) is 0 Å². The first-order chi connectivity index (χ1) is 9.89. The second-order valence-corrected chi connectivity index (χ2v) is 4.72. The average molecular weight is 315 g/mol. The summed E-state index contributed by atoms with van der Waals surface area (Å²) in [5.41, 5.74) is 1.99. The first-order valence-corrected chi connectivity index (χ1v) is 6.83. The van der Waals surface area contributed by atoms with E-state index in [0.29, 0.717) is 0 Å². The zero-order chi connectivity index (χ0) is 15.5. The van der Waals surface area contributed by atoms with Crippen LogP contribution in [0.4, 0.5) is 18.9 Å². The lowest BCUT2D eigenvalue weighted by atomic mass is 9.98. The Morgan fingerprint density at radius 3 is 2.14 bits per heavy atom. The third-order valence-electron chi connectivity index (χ3n) is 2.72. The van der Waals surface area contributed by atoms with Crippen LogP contribution in [0.3, 0.4) is 0 Å². The van der Waals surface area contributed by atoms with Crippen LogP contribution in [0, 0.1) is 0 Å². The molecule has 21 heavy (non-hydrogen) atoms. The maximum Gasteiger partial charge on any atom is 0.417 e. The summed E-state index contributed by atoms with van der Waals surface area (Å²) in [6, 6.07) is 11.2. The van der Waals surface area contributed by atoms with Crippen molar-refractivity contribution >= 4 is 17.0 Å². The van der Waals surface area contributed by atoms with Crippen molar-refractivity contribution in [1.82, 2.24) is 4.83 Å². The average Bonchev–Trinajstić information content (AvgIpc) is 2.44. The lowest BCUT2D eigenvalue weighted by Gasteiger charge is -2.17. The third kappa shape index (κ3) is 3.81. The van der Waals surface area contributed by atoms with Crippen LogP contribution in [0.15, 0.2) is 48.5 Å². The van der Waals surface area contributed by atoms with Gasteiger partial charge in [-0.1, -0.05) is 36.4 Å². The molecule has 1 unspecified atom stereocenters. The van der Waals surface area contributed by atoms with Crippen molar-refractivity contribution in [3.05, 3.63) is 54.1 Å². The first kappa shape index (κ1) is 15.5. The molecule has 0 radical (unpaired) electrons. The minimum absolute atomic E-state index is 0.0356. The monoisotopic (exact) mass is 315 g/mol. The highest BCUT2D eigenvalue weighted by molar-refractivity contribution is 7.77. The Bertz CT molecular complexity index is 662. The van der Waals surface area contributed by atoms with E-state index in [4.69, 9.17) is 0 Å². The molecule has 0 spiro atoms. The number of benzene rings is 2. The molecule has 2 aromatic carbocycles. The van der Waals surface area contributed by atoms with Gasteiger partial charge in [0, 0.05) is 16.8 Å². The van der Waals surface area contributed by atoms with E-state index in [1.165, 1.54) is 30.3 Å². The molecule has 0 saturated carbocycles. The standard InChI is InChI=1S/C13H11F3N2O2S/c14-13(15,16)11-7-3-1-5-9(11)10-6-2-4-8-12(10)17-18-21(19)20/h1-8,17-18H,(H,19,20)/p-1. The molecule has 0 bridgehead atoms. The summed E-state index contributed by atoms with van der Waals surface area (Å²) in [7, 11) is 0. The summed E-state index contributed by atoms with van der Waals surface area (Å²) in [4.78, 5) is 1.92. The van der Waals surface area contributed by atoms with E-state index in [-0.39, 0.29) is 16.8 Å². The van der Waals surface area contributed by atoms with Gasteiger partial charge in [0.1, 0.15) is 0 Å². The molecule has 112 valence electrons. The summed E-state index contributed by atoms with van der Waals surface area (Å²) in [6.45, 7) is 0. The van der Waals surface area contributed by atoms with Crippen molar-refractivity contribution in [3.8, 4) is 11.1 Å². The second kappa shape index (κ2) is 6.25. The number of rotatable bonds is 4. The summed E-state index contributed by atoms with van der Waals surface area (Å²) >= 11 is -2.59. The van der Waals surface area contributed by atoms with Crippen molar-refractivity contribution in [2.75, 3.05) is 5.43 Å². The molecule has 0 aromatic heterocycles. The van der Waals surface area contributed by atoms with Crippen molar-refractivity contribution < 1.29 is 21.9 Å². The quantitative estimate of drug-likeness (QED) is 0.673. The smallest absolute Gasteiger partial charge is 0.417 e. The molecule has 0 heterocycles. The zero-order valence-corrected chi connectivity index (χ0v) is 11.3. The Labute approximate surface area is 121 Å². The lowest BCUT2D eigenvalue weighted by Crippen LogP contribution is -2.24. The van der Waals surface area contributed by atoms with Crippen LogP contribution < -0.4 is 10.3 Å². The van der Waals surface area contributed by atoms with Crippen molar-refractivity contribution in [1.29, 1.82) is 0 Å². The molecule has 0 fully saturated rings. The molecule has 0 aliphatic heterocycles. The molecule has 0 aliphatic rings. The molecular formula is C13H10F3N2O2S-. The number of hydrogen-bond acceptors (Lipinski definition) is 3. The Hall–Kier alpha value is -1.90. The lowest BCUT2D eigenvalue weighted by molar-refractivity contribution is -0.137. The molecule has 0 saturated heterocycles.